The van der Waals surface area contributed by atoms with Gasteiger partial charge in [0.25, 0.3) is 0 Å². The van der Waals surface area contributed by atoms with E-state index < -0.39 is 0 Å². The van der Waals surface area contributed by atoms with E-state index in [2.05, 4.69) is 25.5 Å². The van der Waals surface area contributed by atoms with Crippen molar-refractivity contribution in [1.82, 2.24) is 15.6 Å². The molecule has 1 atom stereocenters. The molecule has 162 valence electrons. The maximum absolute atomic E-state index is 5.40. The maximum atomic E-state index is 5.40. The van der Waals surface area contributed by atoms with Gasteiger partial charge < -0.3 is 29.9 Å². The van der Waals surface area contributed by atoms with Gasteiger partial charge >= 0.3 is 0 Å². The lowest BCUT2D eigenvalue weighted by molar-refractivity contribution is 0.394. The van der Waals surface area contributed by atoms with Crippen molar-refractivity contribution < 1.29 is 9.47 Å². The molecule has 1 aliphatic rings. The Bertz CT molecular complexity index is 848. The molecule has 2 N–H and O–H groups in total. The standard InChI is InChI=1S/C22H32N6O2/c1-23-22(24-14-16-7-6-8-21(25-16)27(2)3)26-17-9-10-28(15-17)18-11-19(29-4)13-20(12-18)30-5/h6-8,11-13,17H,9-10,14-15H2,1-5H3,(H2,23,24,26). The van der Waals surface area contributed by atoms with Crippen LogP contribution in [0.5, 0.6) is 11.5 Å². The van der Waals surface area contributed by atoms with Gasteiger partial charge in [-0.2, -0.15) is 0 Å². The molecule has 0 amide bonds. The van der Waals surface area contributed by atoms with Gasteiger partial charge in [-0.1, -0.05) is 6.07 Å². The molecule has 0 radical (unpaired) electrons. The Kier molecular flexibility index (Phi) is 7.21. The molecule has 8 nitrogen and oxygen atoms in total. The van der Waals surface area contributed by atoms with Gasteiger partial charge in [-0.15, -0.1) is 0 Å². The Labute approximate surface area is 178 Å². The highest BCUT2D eigenvalue weighted by Gasteiger charge is 2.24. The molecule has 3 rings (SSSR count). The number of nitrogens with zero attached hydrogens (tertiary/aromatic N) is 4. The van der Waals surface area contributed by atoms with Gasteiger partial charge in [0.2, 0.25) is 0 Å². The molecular formula is C22H32N6O2. The van der Waals surface area contributed by atoms with Gasteiger partial charge in [0.15, 0.2) is 5.96 Å². The van der Waals surface area contributed by atoms with Crippen LogP contribution in [0.15, 0.2) is 41.4 Å². The summed E-state index contributed by atoms with van der Waals surface area (Å²) in [6.45, 7) is 2.45. The predicted octanol–water partition coefficient (Wildman–Crippen LogP) is 2.11. The van der Waals surface area contributed by atoms with Crippen molar-refractivity contribution >= 4 is 17.5 Å². The number of anilines is 2. The number of guanidine groups is 1. The van der Waals surface area contributed by atoms with Crippen LogP contribution < -0.4 is 29.9 Å². The topological polar surface area (TPSA) is 74.3 Å². The minimum atomic E-state index is 0.300. The molecule has 1 saturated heterocycles. The van der Waals surface area contributed by atoms with Crippen LogP contribution in [0.4, 0.5) is 11.5 Å². The molecule has 8 heteroatoms. The number of ether oxygens (including phenoxy) is 2. The number of benzene rings is 1. The number of nitrogens with one attached hydrogen (secondary N) is 2. The smallest absolute Gasteiger partial charge is 0.191 e. The summed E-state index contributed by atoms with van der Waals surface area (Å²) in [4.78, 5) is 13.3. The zero-order valence-corrected chi connectivity index (χ0v) is 18.5. The second-order valence-electron chi connectivity index (χ2n) is 7.45. The van der Waals surface area contributed by atoms with Crippen molar-refractivity contribution in [2.24, 2.45) is 4.99 Å². The number of aliphatic imine (C=N–C) groups is 1. The Morgan fingerprint density at radius 2 is 1.93 bits per heavy atom. The molecule has 1 unspecified atom stereocenters. The molecule has 0 spiro atoms. The molecule has 1 aromatic heterocycles. The molecular weight excluding hydrogens is 380 g/mol. The van der Waals surface area contributed by atoms with Crippen molar-refractivity contribution in [2.45, 2.75) is 19.0 Å². The average molecular weight is 413 g/mol. The van der Waals surface area contributed by atoms with Crippen LogP contribution in [0.25, 0.3) is 0 Å². The van der Waals surface area contributed by atoms with E-state index in [0.29, 0.717) is 12.6 Å². The number of hydrogen-bond donors (Lipinski definition) is 2. The van der Waals surface area contributed by atoms with Crippen LogP contribution in [0.1, 0.15) is 12.1 Å². The Morgan fingerprint density at radius 1 is 1.20 bits per heavy atom. The Hall–Kier alpha value is -3.16. The van der Waals surface area contributed by atoms with Crippen LogP contribution in [0.3, 0.4) is 0 Å². The summed E-state index contributed by atoms with van der Waals surface area (Å²) in [5.41, 5.74) is 2.07. The van der Waals surface area contributed by atoms with Gasteiger partial charge in [-0.05, 0) is 18.6 Å². The quantitative estimate of drug-likeness (QED) is 0.533. The monoisotopic (exact) mass is 412 g/mol. The van der Waals surface area contributed by atoms with Crippen LogP contribution in [0, 0.1) is 0 Å². The number of rotatable bonds is 7. The van der Waals surface area contributed by atoms with Crippen molar-refractivity contribution in [3.8, 4) is 11.5 Å². The highest BCUT2D eigenvalue weighted by molar-refractivity contribution is 5.80. The molecule has 1 aromatic carbocycles. The first-order chi connectivity index (χ1) is 14.5. The molecule has 2 aromatic rings. The van der Waals surface area contributed by atoms with Crippen molar-refractivity contribution in [2.75, 3.05) is 58.3 Å². The van der Waals surface area contributed by atoms with Gasteiger partial charge in [-0.3, -0.25) is 4.99 Å². The van der Waals surface area contributed by atoms with Crippen LogP contribution in [0.2, 0.25) is 0 Å². The first-order valence-corrected chi connectivity index (χ1v) is 10.1. The molecule has 30 heavy (non-hydrogen) atoms. The van der Waals surface area contributed by atoms with E-state index in [1.807, 2.05) is 55.4 Å². The third-order valence-electron chi connectivity index (χ3n) is 5.14. The van der Waals surface area contributed by atoms with E-state index in [4.69, 9.17) is 9.47 Å². The van der Waals surface area contributed by atoms with Crippen molar-refractivity contribution in [1.29, 1.82) is 0 Å². The third kappa shape index (κ3) is 5.46. The summed E-state index contributed by atoms with van der Waals surface area (Å²) in [7, 11) is 9.11. The fourth-order valence-electron chi connectivity index (χ4n) is 3.46. The second-order valence-corrected chi connectivity index (χ2v) is 7.45. The summed E-state index contributed by atoms with van der Waals surface area (Å²) < 4.78 is 10.8. The molecule has 0 bridgehead atoms. The van der Waals surface area contributed by atoms with E-state index in [-0.39, 0.29) is 0 Å². The van der Waals surface area contributed by atoms with Gasteiger partial charge in [0, 0.05) is 64.2 Å². The summed E-state index contributed by atoms with van der Waals surface area (Å²) in [5.74, 6) is 3.32. The number of pyridine rings is 1. The second kappa shape index (κ2) is 10.0. The summed E-state index contributed by atoms with van der Waals surface area (Å²) in [6, 6.07) is 12.3. The molecule has 1 fully saturated rings. The minimum Gasteiger partial charge on any atom is -0.497 e. The van der Waals surface area contributed by atoms with Crippen molar-refractivity contribution in [3.05, 3.63) is 42.1 Å². The Balaban J connectivity index is 1.57. The van der Waals surface area contributed by atoms with Crippen LogP contribution in [-0.2, 0) is 6.54 Å². The first-order valence-electron chi connectivity index (χ1n) is 10.1. The lowest BCUT2D eigenvalue weighted by Gasteiger charge is -2.21. The highest BCUT2D eigenvalue weighted by atomic mass is 16.5. The normalized spacial score (nSPS) is 16.4. The lowest BCUT2D eigenvalue weighted by atomic mass is 10.2. The van der Waals surface area contributed by atoms with E-state index in [0.717, 1.165) is 54.2 Å². The van der Waals surface area contributed by atoms with Gasteiger partial charge in [0.05, 0.1) is 26.5 Å². The molecule has 1 aliphatic heterocycles. The summed E-state index contributed by atoms with van der Waals surface area (Å²) in [6.07, 6.45) is 1.02. The SMILES string of the molecule is CN=C(NCc1cccc(N(C)C)n1)NC1CCN(c2cc(OC)cc(OC)c2)C1. The highest BCUT2D eigenvalue weighted by Crippen LogP contribution is 2.30. The first kappa shape index (κ1) is 21.5. The van der Waals surface area contributed by atoms with Crippen molar-refractivity contribution in [3.63, 3.8) is 0 Å². The fraction of sp³-hybridized carbons (Fsp3) is 0.455. The number of methoxy groups -OCH3 is 2. The van der Waals surface area contributed by atoms with Crippen LogP contribution >= 0.6 is 0 Å². The molecule has 0 saturated carbocycles. The maximum Gasteiger partial charge on any atom is 0.191 e. The zero-order valence-electron chi connectivity index (χ0n) is 18.5. The van der Waals surface area contributed by atoms with E-state index >= 15 is 0 Å². The van der Waals surface area contributed by atoms with E-state index in [9.17, 15) is 0 Å². The summed E-state index contributed by atoms with van der Waals surface area (Å²) in [5, 5.41) is 6.90. The largest absolute Gasteiger partial charge is 0.497 e. The average Bonchev–Trinajstić information content (AvgIpc) is 3.25. The molecule has 2 heterocycles. The van der Waals surface area contributed by atoms with E-state index in [1.54, 1.807) is 21.3 Å². The van der Waals surface area contributed by atoms with Gasteiger partial charge in [-0.25, -0.2) is 4.98 Å². The zero-order chi connectivity index (χ0) is 21.5. The molecule has 0 aliphatic carbocycles. The van der Waals surface area contributed by atoms with Gasteiger partial charge in [0.1, 0.15) is 17.3 Å². The predicted molar refractivity (Wildman–Crippen MR) is 122 cm³/mol. The third-order valence-corrected chi connectivity index (χ3v) is 5.14. The van der Waals surface area contributed by atoms with Crippen LogP contribution in [-0.4, -0.2) is 65.4 Å². The fourth-order valence-corrected chi connectivity index (χ4v) is 3.46. The minimum absolute atomic E-state index is 0.300. The van der Waals surface area contributed by atoms with E-state index in [1.165, 1.54) is 0 Å². The lowest BCUT2D eigenvalue weighted by Crippen LogP contribution is -2.44. The summed E-state index contributed by atoms with van der Waals surface area (Å²) >= 11 is 0. The number of aromatic nitrogens is 1. The Morgan fingerprint density at radius 3 is 2.57 bits per heavy atom. The number of hydrogen-bond acceptors (Lipinski definition) is 6.